The molecule has 7 nitrogen and oxygen atoms in total. The molecule has 1 aromatic heterocycles. The predicted molar refractivity (Wildman–Crippen MR) is 100 cm³/mol. The van der Waals surface area contributed by atoms with Gasteiger partial charge in [-0.2, -0.15) is 5.10 Å². The van der Waals surface area contributed by atoms with Gasteiger partial charge in [-0.05, 0) is 44.2 Å². The summed E-state index contributed by atoms with van der Waals surface area (Å²) in [5, 5.41) is 7.43. The first kappa shape index (κ1) is 18.2. The molecule has 1 saturated carbocycles. The third-order valence-corrected chi connectivity index (χ3v) is 6.03. The molecule has 1 spiro atoms. The topological polar surface area (TPSA) is 76.5 Å². The van der Waals surface area contributed by atoms with Crippen molar-refractivity contribution in [3.8, 4) is 0 Å². The van der Waals surface area contributed by atoms with Gasteiger partial charge in [-0.1, -0.05) is 6.58 Å². The maximum Gasteiger partial charge on any atom is 0.245 e. The molecule has 3 heterocycles. The van der Waals surface area contributed by atoms with E-state index in [0.29, 0.717) is 25.1 Å². The van der Waals surface area contributed by atoms with Crippen molar-refractivity contribution in [1.82, 2.24) is 20.0 Å². The Hall–Kier alpha value is -2.15. The van der Waals surface area contributed by atoms with Crippen molar-refractivity contribution in [3.63, 3.8) is 0 Å². The van der Waals surface area contributed by atoms with E-state index in [4.69, 9.17) is 4.74 Å². The minimum absolute atomic E-state index is 0.0158. The summed E-state index contributed by atoms with van der Waals surface area (Å²) in [5.74, 6) is 0.435. The fourth-order valence-corrected chi connectivity index (χ4v) is 4.32. The standard InChI is InChI=1S/C20H28N4O3/c1-4-18(25)23-10-20(11-23)6-15(27-12-20)8-21-19(26)17-5-16(17)14-7-22-24(9-14)13(2)3/h4,7,9,13,15-17H,1,5-6,8,10-12H2,2-3H3,(H,21,26). The first-order valence-corrected chi connectivity index (χ1v) is 9.75. The monoisotopic (exact) mass is 372 g/mol. The summed E-state index contributed by atoms with van der Waals surface area (Å²) < 4.78 is 7.81. The summed E-state index contributed by atoms with van der Waals surface area (Å²) in [6.45, 7) is 10.4. The molecule has 2 amide bonds. The zero-order valence-corrected chi connectivity index (χ0v) is 16.1. The Morgan fingerprint density at radius 3 is 2.93 bits per heavy atom. The number of nitrogens with zero attached hydrogens (tertiary/aromatic N) is 3. The highest BCUT2D eigenvalue weighted by atomic mass is 16.5. The van der Waals surface area contributed by atoms with Crippen LogP contribution in [0.1, 0.15) is 44.2 Å². The zero-order valence-electron chi connectivity index (χ0n) is 16.1. The maximum absolute atomic E-state index is 12.5. The van der Waals surface area contributed by atoms with Gasteiger partial charge in [0, 0.05) is 43.2 Å². The third kappa shape index (κ3) is 3.52. The van der Waals surface area contributed by atoms with Crippen molar-refractivity contribution < 1.29 is 14.3 Å². The van der Waals surface area contributed by atoms with Crippen molar-refractivity contribution in [2.24, 2.45) is 11.3 Å². The number of likely N-dealkylation sites (tertiary alicyclic amines) is 1. The van der Waals surface area contributed by atoms with Crippen molar-refractivity contribution in [3.05, 3.63) is 30.6 Å². The third-order valence-electron chi connectivity index (χ3n) is 6.03. The lowest BCUT2D eigenvalue weighted by atomic mass is 9.78. The number of carbonyl (C=O) groups excluding carboxylic acids is 2. The summed E-state index contributed by atoms with van der Waals surface area (Å²) in [4.78, 5) is 25.9. The molecule has 1 aliphatic carbocycles. The fourth-order valence-electron chi connectivity index (χ4n) is 4.32. The highest BCUT2D eigenvalue weighted by molar-refractivity contribution is 5.87. The van der Waals surface area contributed by atoms with Gasteiger partial charge in [0.05, 0.1) is 18.9 Å². The Kier molecular flexibility index (Phi) is 4.58. The van der Waals surface area contributed by atoms with Gasteiger partial charge in [0.1, 0.15) is 0 Å². The normalized spacial score (nSPS) is 28.3. The van der Waals surface area contributed by atoms with Gasteiger partial charge in [0.2, 0.25) is 11.8 Å². The van der Waals surface area contributed by atoms with Crippen molar-refractivity contribution in [1.29, 1.82) is 0 Å². The van der Waals surface area contributed by atoms with Crippen LogP contribution in [0, 0.1) is 11.3 Å². The number of nitrogens with one attached hydrogen (secondary N) is 1. The van der Waals surface area contributed by atoms with E-state index < -0.39 is 0 Å². The number of rotatable bonds is 6. The molecule has 146 valence electrons. The van der Waals surface area contributed by atoms with Gasteiger partial charge in [-0.15, -0.1) is 0 Å². The zero-order chi connectivity index (χ0) is 19.2. The number of ether oxygens (including phenoxy) is 1. The molecule has 3 fully saturated rings. The minimum Gasteiger partial charge on any atom is -0.376 e. The summed E-state index contributed by atoms with van der Waals surface area (Å²) in [6.07, 6.45) is 7.12. The Morgan fingerprint density at radius 2 is 2.26 bits per heavy atom. The van der Waals surface area contributed by atoms with Crippen LogP contribution in [-0.2, 0) is 14.3 Å². The van der Waals surface area contributed by atoms with Crippen LogP contribution >= 0.6 is 0 Å². The van der Waals surface area contributed by atoms with Crippen LogP contribution in [0.15, 0.2) is 25.0 Å². The summed E-state index contributed by atoms with van der Waals surface area (Å²) in [7, 11) is 0. The number of amides is 2. The number of carbonyl (C=O) groups is 2. The molecule has 3 atom stereocenters. The van der Waals surface area contributed by atoms with Crippen LogP contribution < -0.4 is 5.32 Å². The molecule has 2 saturated heterocycles. The average molecular weight is 372 g/mol. The van der Waals surface area contributed by atoms with Crippen LogP contribution in [0.4, 0.5) is 0 Å². The molecular weight excluding hydrogens is 344 g/mol. The predicted octanol–water partition coefficient (Wildman–Crippen LogP) is 1.49. The van der Waals surface area contributed by atoms with Crippen LogP contribution in [0.2, 0.25) is 0 Å². The van der Waals surface area contributed by atoms with E-state index in [1.54, 1.807) is 4.90 Å². The van der Waals surface area contributed by atoms with E-state index in [1.807, 2.05) is 10.9 Å². The maximum atomic E-state index is 12.5. The molecule has 2 aliphatic heterocycles. The second-order valence-electron chi connectivity index (χ2n) is 8.58. The van der Waals surface area contributed by atoms with Gasteiger partial charge in [-0.25, -0.2) is 0 Å². The lowest BCUT2D eigenvalue weighted by Crippen LogP contribution is -2.58. The van der Waals surface area contributed by atoms with Crippen LogP contribution in [0.25, 0.3) is 0 Å². The molecule has 7 heteroatoms. The smallest absolute Gasteiger partial charge is 0.245 e. The van der Waals surface area contributed by atoms with Gasteiger partial charge in [0.15, 0.2) is 0 Å². The number of hydrogen-bond acceptors (Lipinski definition) is 4. The molecule has 27 heavy (non-hydrogen) atoms. The van der Waals surface area contributed by atoms with E-state index in [1.165, 1.54) is 6.08 Å². The second-order valence-corrected chi connectivity index (χ2v) is 8.58. The highest BCUT2D eigenvalue weighted by Crippen LogP contribution is 2.47. The van der Waals surface area contributed by atoms with Crippen LogP contribution in [-0.4, -0.2) is 58.8 Å². The van der Waals surface area contributed by atoms with E-state index in [2.05, 4.69) is 37.0 Å². The Labute approximate surface area is 159 Å². The minimum atomic E-state index is -0.0158. The van der Waals surface area contributed by atoms with Gasteiger partial charge in [-0.3, -0.25) is 14.3 Å². The lowest BCUT2D eigenvalue weighted by molar-refractivity contribution is -0.137. The van der Waals surface area contributed by atoms with Gasteiger partial charge >= 0.3 is 0 Å². The van der Waals surface area contributed by atoms with E-state index in [-0.39, 0.29) is 29.3 Å². The Morgan fingerprint density at radius 1 is 1.48 bits per heavy atom. The molecular formula is C20H28N4O3. The van der Waals surface area contributed by atoms with Crippen molar-refractivity contribution >= 4 is 11.8 Å². The SMILES string of the molecule is C=CC(=O)N1CC2(COC(CNC(=O)C3CC3c3cnn(C(C)C)c3)C2)C1. The number of hydrogen-bond donors (Lipinski definition) is 1. The molecule has 0 radical (unpaired) electrons. The van der Waals surface area contributed by atoms with Crippen molar-refractivity contribution in [2.45, 2.75) is 44.8 Å². The fraction of sp³-hybridized carbons (Fsp3) is 0.650. The van der Waals surface area contributed by atoms with E-state index in [9.17, 15) is 9.59 Å². The van der Waals surface area contributed by atoms with E-state index in [0.717, 1.165) is 31.5 Å². The summed E-state index contributed by atoms with van der Waals surface area (Å²) in [6, 6.07) is 0.334. The largest absolute Gasteiger partial charge is 0.376 e. The second kappa shape index (κ2) is 6.78. The van der Waals surface area contributed by atoms with Crippen molar-refractivity contribution in [2.75, 3.05) is 26.2 Å². The van der Waals surface area contributed by atoms with Crippen LogP contribution in [0.5, 0.6) is 0 Å². The first-order chi connectivity index (χ1) is 12.9. The lowest BCUT2D eigenvalue weighted by Gasteiger charge is -2.46. The average Bonchev–Trinajstić information content (AvgIpc) is 3.07. The summed E-state index contributed by atoms with van der Waals surface area (Å²) in [5.41, 5.74) is 1.23. The Balaban J connectivity index is 1.21. The van der Waals surface area contributed by atoms with Gasteiger partial charge in [0.25, 0.3) is 0 Å². The van der Waals surface area contributed by atoms with E-state index >= 15 is 0 Å². The molecule has 1 N–H and O–H groups in total. The van der Waals surface area contributed by atoms with Gasteiger partial charge < -0.3 is 15.0 Å². The highest BCUT2D eigenvalue weighted by Gasteiger charge is 2.50. The quantitative estimate of drug-likeness (QED) is 0.768. The summed E-state index contributed by atoms with van der Waals surface area (Å²) >= 11 is 0. The molecule has 3 aliphatic rings. The molecule has 1 aromatic rings. The first-order valence-electron chi connectivity index (χ1n) is 9.75. The number of aromatic nitrogens is 2. The molecule has 0 aromatic carbocycles. The van der Waals surface area contributed by atoms with Crippen LogP contribution in [0.3, 0.4) is 0 Å². The Bertz CT molecular complexity index is 750. The molecule has 3 unspecified atom stereocenters. The molecule has 4 rings (SSSR count). The molecule has 0 bridgehead atoms.